The van der Waals surface area contributed by atoms with Crippen LogP contribution in [0.15, 0.2) is 42.7 Å². The van der Waals surface area contributed by atoms with Crippen molar-refractivity contribution in [2.45, 2.75) is 12.8 Å². The van der Waals surface area contributed by atoms with Crippen LogP contribution in [0.4, 0.5) is 16.0 Å². The molecule has 3 aromatic rings. The quantitative estimate of drug-likeness (QED) is 0.583. The minimum absolute atomic E-state index is 0.222. The van der Waals surface area contributed by atoms with Crippen molar-refractivity contribution < 1.29 is 9.18 Å². The number of hydrogen-bond donors (Lipinski definition) is 2. The number of aryl methyl sites for hydroxylation is 1. The van der Waals surface area contributed by atoms with Crippen LogP contribution >= 0.6 is 0 Å². The topological polar surface area (TPSA) is 88.0 Å². The van der Waals surface area contributed by atoms with Gasteiger partial charge in [-0.3, -0.25) is 9.48 Å². The van der Waals surface area contributed by atoms with Gasteiger partial charge in [-0.15, -0.1) is 0 Å². The Labute approximate surface area is 174 Å². The van der Waals surface area contributed by atoms with Crippen molar-refractivity contribution in [2.24, 2.45) is 7.05 Å². The molecule has 4 rings (SSSR count). The number of nitrogens with one attached hydrogen (secondary N) is 2. The van der Waals surface area contributed by atoms with E-state index in [4.69, 9.17) is 0 Å². The zero-order valence-corrected chi connectivity index (χ0v) is 16.8. The Kier molecular flexibility index (Phi) is 5.87. The van der Waals surface area contributed by atoms with Crippen LogP contribution < -0.4 is 15.5 Å². The Morgan fingerprint density at radius 3 is 2.63 bits per heavy atom. The average molecular weight is 409 g/mol. The molecule has 1 fully saturated rings. The van der Waals surface area contributed by atoms with Crippen LogP contribution in [-0.4, -0.2) is 51.8 Å². The molecule has 0 unspecified atom stereocenters. The van der Waals surface area contributed by atoms with Gasteiger partial charge in [-0.05, 0) is 43.2 Å². The van der Waals surface area contributed by atoms with Crippen molar-refractivity contribution >= 4 is 17.5 Å². The first-order valence-corrected chi connectivity index (χ1v) is 9.99. The SMILES string of the molecule is Cn1nc(-c2ccc(F)cc2)cc1C(=O)NCCNc1cc(N2CCCC2)ncn1. The van der Waals surface area contributed by atoms with Gasteiger partial charge in [0.15, 0.2) is 0 Å². The summed E-state index contributed by atoms with van der Waals surface area (Å²) >= 11 is 0. The second kappa shape index (κ2) is 8.89. The second-order valence-electron chi connectivity index (χ2n) is 7.18. The summed E-state index contributed by atoms with van der Waals surface area (Å²) < 4.78 is 14.6. The van der Waals surface area contributed by atoms with Gasteiger partial charge in [0.25, 0.3) is 5.91 Å². The number of carbonyl (C=O) groups is 1. The molecule has 0 radical (unpaired) electrons. The maximum Gasteiger partial charge on any atom is 0.269 e. The largest absolute Gasteiger partial charge is 0.368 e. The van der Waals surface area contributed by atoms with Gasteiger partial charge in [0.1, 0.15) is 29.5 Å². The van der Waals surface area contributed by atoms with Gasteiger partial charge >= 0.3 is 0 Å². The van der Waals surface area contributed by atoms with E-state index >= 15 is 0 Å². The molecule has 1 aliphatic heterocycles. The number of rotatable bonds is 7. The van der Waals surface area contributed by atoms with Gasteiger partial charge in [-0.1, -0.05) is 0 Å². The van der Waals surface area contributed by atoms with Crippen LogP contribution in [0.25, 0.3) is 11.3 Å². The molecule has 1 saturated heterocycles. The van der Waals surface area contributed by atoms with E-state index in [0.717, 1.165) is 30.3 Å². The molecule has 156 valence electrons. The molecule has 8 nitrogen and oxygen atoms in total. The fourth-order valence-electron chi connectivity index (χ4n) is 3.46. The van der Waals surface area contributed by atoms with E-state index in [2.05, 4.69) is 30.6 Å². The highest BCUT2D eigenvalue weighted by Gasteiger charge is 2.15. The van der Waals surface area contributed by atoms with E-state index < -0.39 is 0 Å². The van der Waals surface area contributed by atoms with Gasteiger partial charge in [0.2, 0.25) is 0 Å². The summed E-state index contributed by atoms with van der Waals surface area (Å²) in [6, 6.07) is 9.66. The Balaban J connectivity index is 1.30. The van der Waals surface area contributed by atoms with Gasteiger partial charge in [0.05, 0.1) is 5.69 Å². The summed E-state index contributed by atoms with van der Waals surface area (Å²) in [6.45, 7) is 3.01. The smallest absolute Gasteiger partial charge is 0.269 e. The first-order chi connectivity index (χ1) is 14.6. The van der Waals surface area contributed by atoms with E-state index in [1.807, 2.05) is 6.07 Å². The highest BCUT2D eigenvalue weighted by Crippen LogP contribution is 2.20. The predicted octanol–water partition coefficient (Wildman–Crippen LogP) is 2.46. The number of anilines is 2. The minimum Gasteiger partial charge on any atom is -0.368 e. The van der Waals surface area contributed by atoms with Crippen molar-refractivity contribution in [2.75, 3.05) is 36.4 Å². The first kappa shape index (κ1) is 19.8. The molecule has 2 aromatic heterocycles. The molecule has 1 aliphatic rings. The van der Waals surface area contributed by atoms with Gasteiger partial charge in [-0.2, -0.15) is 5.10 Å². The molecule has 1 aromatic carbocycles. The zero-order valence-electron chi connectivity index (χ0n) is 16.8. The summed E-state index contributed by atoms with van der Waals surface area (Å²) in [7, 11) is 1.71. The van der Waals surface area contributed by atoms with Gasteiger partial charge in [-0.25, -0.2) is 14.4 Å². The minimum atomic E-state index is -0.309. The van der Waals surface area contributed by atoms with Crippen LogP contribution in [0.5, 0.6) is 0 Å². The molecule has 3 heterocycles. The van der Waals surface area contributed by atoms with Crippen LogP contribution in [-0.2, 0) is 7.05 Å². The number of nitrogens with zero attached hydrogens (tertiary/aromatic N) is 5. The molecule has 9 heteroatoms. The lowest BCUT2D eigenvalue weighted by molar-refractivity contribution is 0.0946. The highest BCUT2D eigenvalue weighted by molar-refractivity contribution is 5.93. The fraction of sp³-hybridized carbons (Fsp3) is 0.333. The fourth-order valence-corrected chi connectivity index (χ4v) is 3.46. The molecule has 2 N–H and O–H groups in total. The normalized spacial score (nSPS) is 13.5. The van der Waals surface area contributed by atoms with Crippen molar-refractivity contribution in [3.8, 4) is 11.3 Å². The Hall–Kier alpha value is -3.49. The number of benzene rings is 1. The zero-order chi connectivity index (χ0) is 20.9. The molecule has 0 spiro atoms. The molecule has 0 saturated carbocycles. The first-order valence-electron chi connectivity index (χ1n) is 9.99. The van der Waals surface area contributed by atoms with E-state index in [9.17, 15) is 9.18 Å². The van der Waals surface area contributed by atoms with Crippen molar-refractivity contribution in [3.05, 3.63) is 54.2 Å². The van der Waals surface area contributed by atoms with Crippen molar-refractivity contribution in [1.82, 2.24) is 25.1 Å². The average Bonchev–Trinajstić information content (AvgIpc) is 3.42. The van der Waals surface area contributed by atoms with Crippen molar-refractivity contribution in [3.63, 3.8) is 0 Å². The van der Waals surface area contributed by atoms with Crippen LogP contribution in [0.1, 0.15) is 23.3 Å². The molecule has 30 heavy (non-hydrogen) atoms. The maximum atomic E-state index is 13.1. The van der Waals surface area contributed by atoms with Gasteiger partial charge < -0.3 is 15.5 Å². The molecular formula is C21H24FN7O. The number of aromatic nitrogens is 4. The predicted molar refractivity (Wildman–Crippen MR) is 113 cm³/mol. The molecule has 0 atom stereocenters. The number of amides is 1. The number of hydrogen-bond acceptors (Lipinski definition) is 6. The van der Waals surface area contributed by atoms with E-state index in [1.54, 1.807) is 31.6 Å². The Bertz CT molecular complexity index is 1010. The van der Waals surface area contributed by atoms with Crippen molar-refractivity contribution in [1.29, 1.82) is 0 Å². The monoisotopic (exact) mass is 409 g/mol. The lowest BCUT2D eigenvalue weighted by atomic mass is 10.1. The standard InChI is InChI=1S/C21H24FN7O/c1-28-18(12-17(27-28)15-4-6-16(22)7-5-15)21(30)24-9-8-23-19-13-20(26-14-25-19)29-10-2-3-11-29/h4-7,12-14H,2-3,8-11H2,1H3,(H,24,30)(H,23,25,26). The van der Waals surface area contributed by atoms with E-state index in [0.29, 0.717) is 24.5 Å². The van der Waals surface area contributed by atoms with Crippen LogP contribution in [0, 0.1) is 5.82 Å². The second-order valence-corrected chi connectivity index (χ2v) is 7.18. The summed E-state index contributed by atoms with van der Waals surface area (Å²) in [6.07, 6.45) is 3.94. The van der Waals surface area contributed by atoms with E-state index in [1.165, 1.54) is 29.7 Å². The third kappa shape index (κ3) is 4.56. The van der Waals surface area contributed by atoms with Crippen LogP contribution in [0.3, 0.4) is 0 Å². The third-order valence-electron chi connectivity index (χ3n) is 5.05. The highest BCUT2D eigenvalue weighted by atomic mass is 19.1. The molecule has 0 bridgehead atoms. The third-order valence-corrected chi connectivity index (χ3v) is 5.05. The molecule has 0 aliphatic carbocycles. The summed E-state index contributed by atoms with van der Waals surface area (Å²) in [5.41, 5.74) is 1.81. The summed E-state index contributed by atoms with van der Waals surface area (Å²) in [5.74, 6) is 1.13. The molecular weight excluding hydrogens is 385 g/mol. The number of carbonyl (C=O) groups excluding carboxylic acids is 1. The van der Waals surface area contributed by atoms with Crippen LogP contribution in [0.2, 0.25) is 0 Å². The number of halogens is 1. The lowest BCUT2D eigenvalue weighted by Gasteiger charge is -2.16. The maximum absolute atomic E-state index is 13.1. The van der Waals surface area contributed by atoms with Gasteiger partial charge in [0, 0.05) is 44.9 Å². The summed E-state index contributed by atoms with van der Waals surface area (Å²) in [4.78, 5) is 23.3. The lowest BCUT2D eigenvalue weighted by Crippen LogP contribution is -2.30. The molecule has 1 amide bonds. The Morgan fingerprint density at radius 1 is 1.10 bits per heavy atom. The Morgan fingerprint density at radius 2 is 1.87 bits per heavy atom. The summed E-state index contributed by atoms with van der Waals surface area (Å²) in [5, 5.41) is 10.4. The van der Waals surface area contributed by atoms with E-state index in [-0.39, 0.29) is 11.7 Å².